The van der Waals surface area contributed by atoms with Crippen LogP contribution in [0.4, 0.5) is 9.39 Å². The molecular formula is C19H17FN6OS2. The lowest BCUT2D eigenvalue weighted by molar-refractivity contribution is -0.115. The van der Waals surface area contributed by atoms with Gasteiger partial charge in [-0.15, -0.1) is 16.4 Å². The van der Waals surface area contributed by atoms with Gasteiger partial charge in [-0.2, -0.15) is 9.94 Å². The minimum atomic E-state index is -0.375. The number of aromatic nitrogens is 4. The molecule has 0 unspecified atom stereocenters. The number of thiophene rings is 1. The standard InChI is InChI=1S/C19H17FN6OS2/c20-12-4-3-5-13(10-12)26-19(23-24-25-26)28-9-8-17(27)22-18-15(11-21)14-6-1-2-7-16(14)29-18/h3-5,10H,1-2,6-9H2,(H,22,27). The molecule has 29 heavy (non-hydrogen) atoms. The van der Waals surface area contributed by atoms with Crippen LogP contribution in [-0.2, 0) is 17.6 Å². The van der Waals surface area contributed by atoms with Crippen LogP contribution in [0.2, 0.25) is 0 Å². The molecule has 1 aliphatic carbocycles. The largest absolute Gasteiger partial charge is 0.317 e. The zero-order chi connectivity index (χ0) is 20.2. The van der Waals surface area contributed by atoms with Gasteiger partial charge in [0.2, 0.25) is 11.1 Å². The Morgan fingerprint density at radius 1 is 1.38 bits per heavy atom. The predicted molar refractivity (Wildman–Crippen MR) is 109 cm³/mol. The van der Waals surface area contributed by atoms with E-state index in [2.05, 4.69) is 26.9 Å². The summed E-state index contributed by atoms with van der Waals surface area (Å²) >= 11 is 2.83. The van der Waals surface area contributed by atoms with E-state index >= 15 is 0 Å². The van der Waals surface area contributed by atoms with Crippen molar-refractivity contribution in [3.63, 3.8) is 0 Å². The van der Waals surface area contributed by atoms with E-state index in [-0.39, 0.29) is 18.1 Å². The molecule has 1 aromatic carbocycles. The maximum Gasteiger partial charge on any atom is 0.225 e. The second-order valence-corrected chi connectivity index (χ2v) is 8.69. The van der Waals surface area contributed by atoms with Crippen LogP contribution in [0.15, 0.2) is 29.4 Å². The molecule has 1 amide bonds. The number of nitrogens with one attached hydrogen (secondary N) is 1. The zero-order valence-electron chi connectivity index (χ0n) is 15.4. The van der Waals surface area contributed by atoms with Crippen LogP contribution in [0.25, 0.3) is 5.69 Å². The number of rotatable bonds is 6. The Balaban J connectivity index is 1.37. The molecule has 4 rings (SSSR count). The molecule has 148 valence electrons. The summed E-state index contributed by atoms with van der Waals surface area (Å²) in [4.78, 5) is 13.6. The minimum Gasteiger partial charge on any atom is -0.317 e. The maximum atomic E-state index is 13.4. The molecule has 2 aromatic heterocycles. The van der Waals surface area contributed by atoms with Gasteiger partial charge in [-0.3, -0.25) is 4.79 Å². The first-order valence-corrected chi connectivity index (χ1v) is 11.0. The predicted octanol–water partition coefficient (Wildman–Crippen LogP) is 3.73. The summed E-state index contributed by atoms with van der Waals surface area (Å²) in [6.45, 7) is 0. The number of nitrogens with zero attached hydrogens (tertiary/aromatic N) is 5. The van der Waals surface area contributed by atoms with Crippen LogP contribution in [0.1, 0.15) is 35.3 Å². The normalized spacial score (nSPS) is 13.0. The molecule has 7 nitrogen and oxygen atoms in total. The highest BCUT2D eigenvalue weighted by molar-refractivity contribution is 7.99. The van der Waals surface area contributed by atoms with Gasteiger partial charge in [0.15, 0.2) is 0 Å². The van der Waals surface area contributed by atoms with Gasteiger partial charge in [0, 0.05) is 17.1 Å². The number of hydrogen-bond acceptors (Lipinski definition) is 7. The summed E-state index contributed by atoms with van der Waals surface area (Å²) in [5.74, 6) is -0.0771. The molecule has 0 spiro atoms. The highest BCUT2D eigenvalue weighted by atomic mass is 32.2. The number of benzene rings is 1. The van der Waals surface area contributed by atoms with Crippen molar-refractivity contribution in [1.29, 1.82) is 5.26 Å². The van der Waals surface area contributed by atoms with Crippen molar-refractivity contribution in [2.45, 2.75) is 37.3 Å². The Hall–Kier alpha value is -2.77. The number of aryl methyl sites for hydroxylation is 1. The maximum absolute atomic E-state index is 13.4. The van der Waals surface area contributed by atoms with Crippen molar-refractivity contribution in [2.24, 2.45) is 0 Å². The first-order chi connectivity index (χ1) is 14.2. The number of anilines is 1. The van der Waals surface area contributed by atoms with E-state index in [9.17, 15) is 14.4 Å². The number of thioether (sulfide) groups is 1. The Morgan fingerprint density at radius 3 is 3.07 bits per heavy atom. The van der Waals surface area contributed by atoms with Crippen molar-refractivity contribution < 1.29 is 9.18 Å². The van der Waals surface area contributed by atoms with E-state index in [1.807, 2.05) is 0 Å². The Bertz CT molecular complexity index is 1090. The SMILES string of the molecule is N#Cc1c(NC(=O)CCSc2nnnn2-c2cccc(F)c2)sc2c1CCCC2. The number of hydrogen-bond donors (Lipinski definition) is 1. The molecule has 0 atom stereocenters. The van der Waals surface area contributed by atoms with Crippen LogP contribution in [0.5, 0.6) is 0 Å². The summed E-state index contributed by atoms with van der Waals surface area (Å²) < 4.78 is 14.9. The summed E-state index contributed by atoms with van der Waals surface area (Å²) in [5.41, 5.74) is 2.23. The molecule has 10 heteroatoms. The third-order valence-electron chi connectivity index (χ3n) is 4.59. The number of halogens is 1. The number of tetrazole rings is 1. The van der Waals surface area contributed by atoms with Crippen LogP contribution >= 0.6 is 23.1 Å². The molecule has 0 radical (unpaired) electrons. The van der Waals surface area contributed by atoms with Crippen LogP contribution in [0, 0.1) is 17.1 Å². The smallest absolute Gasteiger partial charge is 0.225 e. The van der Waals surface area contributed by atoms with Gasteiger partial charge in [0.1, 0.15) is 16.9 Å². The third-order valence-corrected chi connectivity index (χ3v) is 6.72. The number of carbonyl (C=O) groups is 1. The molecule has 0 saturated carbocycles. The van der Waals surface area contributed by atoms with Crippen molar-refractivity contribution in [3.8, 4) is 11.8 Å². The summed E-state index contributed by atoms with van der Waals surface area (Å²) in [6, 6.07) is 8.23. The van der Waals surface area contributed by atoms with Crippen LogP contribution < -0.4 is 5.32 Å². The van der Waals surface area contributed by atoms with E-state index in [0.29, 0.717) is 27.2 Å². The van der Waals surface area contributed by atoms with Gasteiger partial charge in [-0.25, -0.2) is 4.39 Å². The third kappa shape index (κ3) is 4.31. The lowest BCUT2D eigenvalue weighted by atomic mass is 9.96. The monoisotopic (exact) mass is 428 g/mol. The fourth-order valence-corrected chi connectivity index (χ4v) is 5.32. The quantitative estimate of drug-likeness (QED) is 0.601. The van der Waals surface area contributed by atoms with Crippen molar-refractivity contribution in [2.75, 3.05) is 11.1 Å². The van der Waals surface area contributed by atoms with E-state index in [4.69, 9.17) is 0 Å². The van der Waals surface area contributed by atoms with Gasteiger partial charge in [-0.1, -0.05) is 17.8 Å². The summed E-state index contributed by atoms with van der Waals surface area (Å²) in [6.07, 6.45) is 4.34. The van der Waals surface area contributed by atoms with E-state index in [1.165, 1.54) is 44.8 Å². The molecule has 0 aliphatic heterocycles. The molecule has 0 fully saturated rings. The second-order valence-electron chi connectivity index (χ2n) is 6.53. The second kappa shape index (κ2) is 8.71. The fraction of sp³-hybridized carbons (Fsp3) is 0.316. The van der Waals surface area contributed by atoms with E-state index in [1.54, 1.807) is 12.1 Å². The van der Waals surface area contributed by atoms with Crippen molar-refractivity contribution in [1.82, 2.24) is 20.2 Å². The number of carbonyl (C=O) groups excluding carboxylic acids is 1. The molecular weight excluding hydrogens is 411 g/mol. The molecule has 0 bridgehead atoms. The molecule has 1 N–H and O–H groups in total. The number of fused-ring (bicyclic) bond motifs is 1. The van der Waals surface area contributed by atoms with Crippen LogP contribution in [-0.4, -0.2) is 31.9 Å². The van der Waals surface area contributed by atoms with Crippen molar-refractivity contribution in [3.05, 3.63) is 46.1 Å². The highest BCUT2D eigenvalue weighted by Gasteiger charge is 2.21. The minimum absolute atomic E-state index is 0.155. The first-order valence-electron chi connectivity index (χ1n) is 9.17. The molecule has 0 saturated heterocycles. The Kier molecular flexibility index (Phi) is 5.87. The number of nitriles is 1. The van der Waals surface area contributed by atoms with Gasteiger partial charge < -0.3 is 5.32 Å². The van der Waals surface area contributed by atoms with Crippen molar-refractivity contribution >= 4 is 34.0 Å². The van der Waals surface area contributed by atoms with Gasteiger partial charge in [0.25, 0.3) is 0 Å². The van der Waals surface area contributed by atoms with E-state index in [0.717, 1.165) is 31.2 Å². The van der Waals surface area contributed by atoms with Gasteiger partial charge in [-0.05, 0) is 59.9 Å². The fourth-order valence-electron chi connectivity index (χ4n) is 3.24. The van der Waals surface area contributed by atoms with Crippen LogP contribution in [0.3, 0.4) is 0 Å². The lowest BCUT2D eigenvalue weighted by Crippen LogP contribution is -2.12. The summed E-state index contributed by atoms with van der Waals surface area (Å²) in [7, 11) is 0. The molecule has 2 heterocycles. The zero-order valence-corrected chi connectivity index (χ0v) is 17.0. The average molecular weight is 429 g/mol. The lowest BCUT2D eigenvalue weighted by Gasteiger charge is -2.09. The Labute approximate surface area is 174 Å². The summed E-state index contributed by atoms with van der Waals surface area (Å²) in [5, 5.41) is 25.0. The van der Waals surface area contributed by atoms with E-state index < -0.39 is 0 Å². The Morgan fingerprint density at radius 2 is 2.24 bits per heavy atom. The first kappa shape index (κ1) is 19.5. The molecule has 1 aliphatic rings. The highest BCUT2D eigenvalue weighted by Crippen LogP contribution is 2.37. The topological polar surface area (TPSA) is 96.5 Å². The molecule has 3 aromatic rings. The average Bonchev–Trinajstić information content (AvgIpc) is 3.31. The van der Waals surface area contributed by atoms with Gasteiger partial charge in [0.05, 0.1) is 11.3 Å². The number of amides is 1. The van der Waals surface area contributed by atoms with Gasteiger partial charge >= 0.3 is 0 Å².